The molecule has 122 valence electrons. The van der Waals surface area contributed by atoms with Crippen molar-refractivity contribution in [2.75, 3.05) is 13.2 Å². The zero-order valence-corrected chi connectivity index (χ0v) is 13.2. The Morgan fingerprint density at radius 1 is 1.27 bits per heavy atom. The number of rotatable bonds is 5. The number of esters is 1. The molecule has 0 aromatic carbocycles. The van der Waals surface area contributed by atoms with Crippen molar-refractivity contribution in [2.45, 2.75) is 51.0 Å². The molecule has 5 nitrogen and oxygen atoms in total. The molecule has 5 heteroatoms. The minimum absolute atomic E-state index is 0.0488. The number of hydrogen-bond acceptors (Lipinski definition) is 4. The van der Waals surface area contributed by atoms with E-state index in [0.717, 1.165) is 32.1 Å². The van der Waals surface area contributed by atoms with Crippen molar-refractivity contribution in [3.8, 4) is 0 Å². The van der Waals surface area contributed by atoms with Crippen LogP contribution >= 0.6 is 0 Å². The Balaban J connectivity index is 1.52. The van der Waals surface area contributed by atoms with E-state index in [1.165, 1.54) is 6.42 Å². The summed E-state index contributed by atoms with van der Waals surface area (Å²) in [6, 6.07) is 0. The van der Waals surface area contributed by atoms with Crippen LogP contribution < -0.4 is 5.32 Å². The third kappa shape index (κ3) is 3.05. The van der Waals surface area contributed by atoms with E-state index < -0.39 is 11.6 Å². The molecule has 4 aliphatic rings. The first-order valence-electron chi connectivity index (χ1n) is 8.11. The second-order valence-electron chi connectivity index (χ2n) is 7.81. The Hall–Kier alpha value is -1.36. The van der Waals surface area contributed by atoms with Crippen LogP contribution in [-0.2, 0) is 14.3 Å². The molecule has 0 radical (unpaired) electrons. The minimum atomic E-state index is -0.537. The lowest BCUT2D eigenvalue weighted by Crippen LogP contribution is -2.57. The highest BCUT2D eigenvalue weighted by Crippen LogP contribution is 2.61. The maximum Gasteiger partial charge on any atom is 0.325 e. The third-order valence-corrected chi connectivity index (χ3v) is 5.47. The molecule has 2 N–H and O–H groups in total. The first kappa shape index (κ1) is 15.5. The van der Waals surface area contributed by atoms with Crippen LogP contribution in [0.3, 0.4) is 0 Å². The number of aliphatic hydroxyl groups is 1. The van der Waals surface area contributed by atoms with Gasteiger partial charge in [-0.3, -0.25) is 9.59 Å². The van der Waals surface area contributed by atoms with Gasteiger partial charge in [0.05, 0.1) is 12.2 Å². The zero-order valence-electron chi connectivity index (χ0n) is 13.2. The second-order valence-corrected chi connectivity index (χ2v) is 7.81. The summed E-state index contributed by atoms with van der Waals surface area (Å²) in [4.78, 5) is 23.2. The van der Waals surface area contributed by atoms with Crippen LogP contribution in [0.4, 0.5) is 0 Å². The summed E-state index contributed by atoms with van der Waals surface area (Å²) in [5.41, 5.74) is -0.214. The van der Waals surface area contributed by atoms with E-state index >= 15 is 0 Å². The van der Waals surface area contributed by atoms with Crippen LogP contribution in [0.15, 0.2) is 12.2 Å². The molecule has 1 amide bonds. The van der Waals surface area contributed by atoms with E-state index in [0.29, 0.717) is 24.0 Å². The van der Waals surface area contributed by atoms with Crippen LogP contribution in [-0.4, -0.2) is 35.7 Å². The molecular weight excluding hydrogens is 282 g/mol. The van der Waals surface area contributed by atoms with Gasteiger partial charge in [-0.25, -0.2) is 0 Å². The summed E-state index contributed by atoms with van der Waals surface area (Å²) in [5.74, 6) is 0.402. The first-order chi connectivity index (χ1) is 10.3. The number of ether oxygens (including phenoxy) is 1. The van der Waals surface area contributed by atoms with Crippen LogP contribution in [0.2, 0.25) is 0 Å². The van der Waals surface area contributed by atoms with Gasteiger partial charge in [0, 0.05) is 11.0 Å². The quantitative estimate of drug-likeness (QED) is 0.597. The molecule has 0 spiro atoms. The molecular formula is C17H25NO4. The molecule has 4 aliphatic carbocycles. The first-order valence-corrected chi connectivity index (χ1v) is 8.11. The Morgan fingerprint density at radius 2 is 1.91 bits per heavy atom. The normalized spacial score (nSPS) is 38.6. The van der Waals surface area contributed by atoms with Gasteiger partial charge in [-0.15, -0.1) is 0 Å². The SMILES string of the molecule is C=C(C)C(=O)NCC(=O)OCC12CC3CC(CC(O)(C3)C1)C2. The summed E-state index contributed by atoms with van der Waals surface area (Å²) >= 11 is 0. The summed E-state index contributed by atoms with van der Waals surface area (Å²) in [7, 11) is 0. The van der Waals surface area contributed by atoms with E-state index in [1.807, 2.05) is 0 Å². The monoisotopic (exact) mass is 307 g/mol. The topological polar surface area (TPSA) is 75.6 Å². The van der Waals surface area contributed by atoms with Gasteiger partial charge in [-0.1, -0.05) is 6.58 Å². The van der Waals surface area contributed by atoms with Crippen molar-refractivity contribution in [1.29, 1.82) is 0 Å². The van der Waals surface area contributed by atoms with Gasteiger partial charge in [-0.05, 0) is 57.3 Å². The van der Waals surface area contributed by atoms with Crippen molar-refractivity contribution >= 4 is 11.9 Å². The second kappa shape index (κ2) is 5.37. The Bertz CT molecular complexity index is 499. The molecule has 4 fully saturated rings. The maximum atomic E-state index is 11.8. The lowest BCUT2D eigenvalue weighted by Gasteiger charge is -2.59. The number of carbonyl (C=O) groups is 2. The molecule has 4 rings (SSSR count). The summed E-state index contributed by atoms with van der Waals surface area (Å²) in [5, 5.41) is 13.1. The van der Waals surface area contributed by atoms with E-state index in [9.17, 15) is 14.7 Å². The molecule has 2 unspecified atom stereocenters. The van der Waals surface area contributed by atoms with E-state index in [-0.39, 0.29) is 17.9 Å². The molecule has 0 aromatic heterocycles. The molecule has 4 saturated carbocycles. The van der Waals surface area contributed by atoms with Crippen LogP contribution in [0.1, 0.15) is 45.4 Å². The Morgan fingerprint density at radius 3 is 2.45 bits per heavy atom. The highest BCUT2D eigenvalue weighted by Gasteiger charge is 2.57. The van der Waals surface area contributed by atoms with Crippen molar-refractivity contribution < 1.29 is 19.4 Å². The zero-order chi connectivity index (χ0) is 16.0. The lowest BCUT2D eigenvalue weighted by molar-refractivity contribution is -0.186. The van der Waals surface area contributed by atoms with Gasteiger partial charge in [-0.2, -0.15) is 0 Å². The Kier molecular flexibility index (Phi) is 3.79. The average Bonchev–Trinajstić information content (AvgIpc) is 2.39. The number of carbonyl (C=O) groups excluding carboxylic acids is 2. The summed E-state index contributed by atoms with van der Waals surface area (Å²) in [6.45, 7) is 5.35. The molecule has 0 heterocycles. The van der Waals surface area contributed by atoms with E-state index in [4.69, 9.17) is 4.74 Å². The van der Waals surface area contributed by atoms with Crippen molar-refractivity contribution in [3.63, 3.8) is 0 Å². The van der Waals surface area contributed by atoms with Crippen molar-refractivity contribution in [2.24, 2.45) is 17.3 Å². The molecule has 0 aliphatic heterocycles. The van der Waals surface area contributed by atoms with E-state index in [2.05, 4.69) is 11.9 Å². The number of amides is 1. The van der Waals surface area contributed by atoms with Gasteiger partial charge in [0.1, 0.15) is 6.54 Å². The van der Waals surface area contributed by atoms with Gasteiger partial charge in [0.25, 0.3) is 0 Å². The molecule has 22 heavy (non-hydrogen) atoms. The van der Waals surface area contributed by atoms with Gasteiger partial charge in [0.15, 0.2) is 0 Å². The van der Waals surface area contributed by atoms with Crippen molar-refractivity contribution in [3.05, 3.63) is 12.2 Å². The van der Waals surface area contributed by atoms with E-state index in [1.54, 1.807) is 6.92 Å². The predicted molar refractivity (Wildman–Crippen MR) is 80.8 cm³/mol. The van der Waals surface area contributed by atoms with Crippen molar-refractivity contribution in [1.82, 2.24) is 5.32 Å². The lowest BCUT2D eigenvalue weighted by atomic mass is 9.48. The fraction of sp³-hybridized carbons (Fsp3) is 0.765. The van der Waals surface area contributed by atoms with Crippen LogP contribution in [0.25, 0.3) is 0 Å². The van der Waals surface area contributed by atoms with Gasteiger partial charge >= 0.3 is 5.97 Å². The predicted octanol–water partition coefficient (Wildman–Crippen LogP) is 1.55. The largest absolute Gasteiger partial charge is 0.464 e. The Labute approximate surface area is 131 Å². The molecule has 0 aromatic rings. The van der Waals surface area contributed by atoms with Gasteiger partial charge < -0.3 is 15.2 Å². The fourth-order valence-electron chi connectivity index (χ4n) is 5.16. The standard InChI is InChI=1S/C17H25NO4/c1-11(2)15(20)18-8-14(19)22-10-16-4-12-3-13(5-16)7-17(21,6-12)9-16/h12-13,21H,1,3-10H2,2H3,(H,18,20). The highest BCUT2D eigenvalue weighted by atomic mass is 16.5. The van der Waals surface area contributed by atoms with Crippen LogP contribution in [0.5, 0.6) is 0 Å². The maximum absolute atomic E-state index is 11.8. The molecule has 0 saturated heterocycles. The molecule has 2 atom stereocenters. The fourth-order valence-corrected chi connectivity index (χ4v) is 5.16. The summed E-state index contributed by atoms with van der Waals surface area (Å²) in [6.07, 6.45) is 5.89. The number of hydrogen-bond donors (Lipinski definition) is 2. The molecule has 4 bridgehead atoms. The average molecular weight is 307 g/mol. The summed E-state index contributed by atoms with van der Waals surface area (Å²) < 4.78 is 5.41. The number of nitrogens with one attached hydrogen (secondary N) is 1. The smallest absolute Gasteiger partial charge is 0.325 e. The van der Waals surface area contributed by atoms with Crippen LogP contribution in [0, 0.1) is 17.3 Å². The highest BCUT2D eigenvalue weighted by molar-refractivity contribution is 5.94. The van der Waals surface area contributed by atoms with Gasteiger partial charge in [0.2, 0.25) is 5.91 Å². The minimum Gasteiger partial charge on any atom is -0.464 e. The third-order valence-electron chi connectivity index (χ3n) is 5.47.